The maximum atomic E-state index is 4.47. The van der Waals surface area contributed by atoms with Crippen LogP contribution in [-0.2, 0) is 0 Å². The van der Waals surface area contributed by atoms with Crippen LogP contribution in [0.4, 0.5) is 0 Å². The van der Waals surface area contributed by atoms with Gasteiger partial charge in [0.05, 0.1) is 28.9 Å². The molecule has 68 valence electrons. The van der Waals surface area contributed by atoms with E-state index in [0.29, 0.717) is 0 Å². The van der Waals surface area contributed by atoms with Crippen LogP contribution in [0.5, 0.6) is 0 Å². The predicted octanol–water partition coefficient (Wildman–Crippen LogP) is 1.96. The average Bonchev–Trinajstić information content (AvgIpc) is 2.44. The summed E-state index contributed by atoms with van der Waals surface area (Å²) in [6, 6.07) is 0. The van der Waals surface area contributed by atoms with Gasteiger partial charge in [0.2, 0.25) is 0 Å². The Morgan fingerprint density at radius 1 is 1.00 bits per heavy atom. The third-order valence-corrected chi connectivity index (χ3v) is 2.51. The Morgan fingerprint density at radius 3 is 2.38 bits per heavy atom. The smallest absolute Gasteiger partial charge is 0.0998 e. The van der Waals surface area contributed by atoms with Crippen LogP contribution in [0, 0.1) is 27.7 Å². The normalized spacial score (nSPS) is 11.1. The van der Waals surface area contributed by atoms with Crippen LogP contribution in [0.1, 0.15) is 22.8 Å². The molecule has 2 aromatic rings. The number of fused-ring (bicyclic) bond motifs is 1. The van der Waals surface area contributed by atoms with E-state index in [0.717, 1.165) is 22.6 Å². The van der Waals surface area contributed by atoms with Gasteiger partial charge in [-0.3, -0.25) is 9.38 Å². The second kappa shape index (κ2) is 2.55. The first-order valence-corrected chi connectivity index (χ1v) is 4.38. The summed E-state index contributed by atoms with van der Waals surface area (Å²) in [5.74, 6) is 0. The zero-order valence-electron chi connectivity index (χ0n) is 8.42. The first kappa shape index (κ1) is 8.23. The molecule has 0 radical (unpaired) electrons. The molecule has 0 aromatic carbocycles. The number of hydrogen-bond donors (Lipinski definition) is 0. The minimum atomic E-state index is 1.05. The summed E-state index contributed by atoms with van der Waals surface area (Å²) in [6.07, 6.45) is 1.86. The van der Waals surface area contributed by atoms with E-state index in [9.17, 15) is 0 Å². The maximum absolute atomic E-state index is 4.47. The lowest BCUT2D eigenvalue weighted by Gasteiger charge is -2.06. The number of rotatable bonds is 0. The summed E-state index contributed by atoms with van der Waals surface area (Å²) in [6.45, 7) is 8.13. The van der Waals surface area contributed by atoms with Crippen molar-refractivity contribution < 1.29 is 0 Å². The first-order valence-electron chi connectivity index (χ1n) is 4.38. The Hall–Kier alpha value is -1.38. The Labute approximate surface area is 77.4 Å². The number of aryl methyl sites for hydroxylation is 4. The van der Waals surface area contributed by atoms with Crippen molar-refractivity contribution in [1.82, 2.24) is 14.4 Å². The highest BCUT2D eigenvalue weighted by atomic mass is 15.0. The second-order valence-corrected chi connectivity index (χ2v) is 3.42. The van der Waals surface area contributed by atoms with E-state index in [1.165, 1.54) is 5.69 Å². The molecule has 0 bridgehead atoms. The topological polar surface area (TPSA) is 30.2 Å². The molecule has 0 saturated heterocycles. The van der Waals surface area contributed by atoms with Crippen molar-refractivity contribution in [1.29, 1.82) is 0 Å². The standard InChI is InChI=1S/C10H13N3/c1-6-9(4)13-5-11-7(2)10(13)8(3)12-6/h5H,1-4H3. The van der Waals surface area contributed by atoms with Gasteiger partial charge in [0.1, 0.15) is 0 Å². The molecule has 0 aliphatic rings. The van der Waals surface area contributed by atoms with Gasteiger partial charge in [-0.2, -0.15) is 0 Å². The number of imidazole rings is 1. The fourth-order valence-corrected chi connectivity index (χ4v) is 1.69. The Balaban J connectivity index is 2.99. The lowest BCUT2D eigenvalue weighted by Crippen LogP contribution is -1.99. The predicted molar refractivity (Wildman–Crippen MR) is 51.9 cm³/mol. The fourth-order valence-electron chi connectivity index (χ4n) is 1.69. The molecule has 0 spiro atoms. The van der Waals surface area contributed by atoms with Gasteiger partial charge in [0.15, 0.2) is 0 Å². The molecule has 13 heavy (non-hydrogen) atoms. The third kappa shape index (κ3) is 1.03. The van der Waals surface area contributed by atoms with Gasteiger partial charge >= 0.3 is 0 Å². The van der Waals surface area contributed by atoms with Crippen LogP contribution in [0.15, 0.2) is 6.33 Å². The van der Waals surface area contributed by atoms with E-state index < -0.39 is 0 Å². The summed E-state index contributed by atoms with van der Waals surface area (Å²) in [5.41, 5.74) is 5.48. The molecule has 3 heteroatoms. The van der Waals surface area contributed by atoms with E-state index in [1.54, 1.807) is 0 Å². The Morgan fingerprint density at radius 2 is 1.69 bits per heavy atom. The van der Waals surface area contributed by atoms with E-state index in [1.807, 2.05) is 27.1 Å². The highest BCUT2D eigenvalue weighted by Gasteiger charge is 2.07. The van der Waals surface area contributed by atoms with Crippen molar-refractivity contribution in [2.75, 3.05) is 0 Å². The average molecular weight is 175 g/mol. The highest BCUT2D eigenvalue weighted by molar-refractivity contribution is 5.56. The van der Waals surface area contributed by atoms with Crippen LogP contribution in [0.3, 0.4) is 0 Å². The minimum Gasteiger partial charge on any atom is -0.300 e. The highest BCUT2D eigenvalue weighted by Crippen LogP contribution is 2.15. The Bertz CT molecular complexity index is 468. The van der Waals surface area contributed by atoms with Crippen LogP contribution in [-0.4, -0.2) is 14.4 Å². The molecular weight excluding hydrogens is 162 g/mol. The number of nitrogens with zero attached hydrogens (tertiary/aromatic N) is 3. The van der Waals surface area contributed by atoms with Gasteiger partial charge in [-0.15, -0.1) is 0 Å². The van der Waals surface area contributed by atoms with Gasteiger partial charge in [-0.1, -0.05) is 0 Å². The van der Waals surface area contributed by atoms with Crippen molar-refractivity contribution in [3.05, 3.63) is 29.1 Å². The van der Waals surface area contributed by atoms with Crippen molar-refractivity contribution in [2.45, 2.75) is 27.7 Å². The quantitative estimate of drug-likeness (QED) is 0.612. The molecule has 2 rings (SSSR count). The zero-order valence-corrected chi connectivity index (χ0v) is 8.42. The molecule has 0 N–H and O–H groups in total. The van der Waals surface area contributed by atoms with Crippen molar-refractivity contribution in [3.8, 4) is 0 Å². The third-order valence-electron chi connectivity index (χ3n) is 2.51. The fraction of sp³-hybridized carbons (Fsp3) is 0.400. The van der Waals surface area contributed by atoms with E-state index in [4.69, 9.17) is 0 Å². The lowest BCUT2D eigenvalue weighted by atomic mass is 10.2. The summed E-state index contributed by atoms with van der Waals surface area (Å²) in [4.78, 5) is 8.75. The van der Waals surface area contributed by atoms with Gasteiger partial charge in [-0.25, -0.2) is 4.98 Å². The van der Waals surface area contributed by atoms with Crippen LogP contribution >= 0.6 is 0 Å². The summed E-state index contributed by atoms with van der Waals surface area (Å²) in [7, 11) is 0. The van der Waals surface area contributed by atoms with Crippen molar-refractivity contribution in [3.63, 3.8) is 0 Å². The summed E-state index contributed by atoms with van der Waals surface area (Å²) >= 11 is 0. The van der Waals surface area contributed by atoms with Crippen LogP contribution < -0.4 is 0 Å². The SMILES string of the molecule is Cc1nc(C)c2c(C)ncn2c1C. The summed E-state index contributed by atoms with van der Waals surface area (Å²) in [5, 5.41) is 0. The molecule has 0 fully saturated rings. The molecule has 0 atom stereocenters. The maximum Gasteiger partial charge on any atom is 0.0998 e. The molecule has 0 unspecified atom stereocenters. The van der Waals surface area contributed by atoms with E-state index in [-0.39, 0.29) is 0 Å². The molecule has 0 amide bonds. The number of hydrogen-bond acceptors (Lipinski definition) is 2. The van der Waals surface area contributed by atoms with Gasteiger partial charge < -0.3 is 0 Å². The van der Waals surface area contributed by atoms with Crippen molar-refractivity contribution in [2.24, 2.45) is 0 Å². The van der Waals surface area contributed by atoms with Crippen LogP contribution in [0.25, 0.3) is 5.52 Å². The van der Waals surface area contributed by atoms with Crippen LogP contribution in [0.2, 0.25) is 0 Å². The van der Waals surface area contributed by atoms with Crippen molar-refractivity contribution >= 4 is 5.52 Å². The molecule has 0 aliphatic carbocycles. The minimum absolute atomic E-state index is 1.05. The summed E-state index contributed by atoms with van der Waals surface area (Å²) < 4.78 is 2.10. The molecule has 3 nitrogen and oxygen atoms in total. The lowest BCUT2D eigenvalue weighted by molar-refractivity contribution is 0.969. The molecule has 0 saturated carbocycles. The van der Waals surface area contributed by atoms with E-state index >= 15 is 0 Å². The second-order valence-electron chi connectivity index (χ2n) is 3.42. The number of aromatic nitrogens is 3. The van der Waals surface area contributed by atoms with E-state index in [2.05, 4.69) is 21.3 Å². The van der Waals surface area contributed by atoms with Gasteiger partial charge in [-0.05, 0) is 27.7 Å². The molecular formula is C10H13N3. The molecule has 0 aliphatic heterocycles. The van der Waals surface area contributed by atoms with Gasteiger partial charge in [0.25, 0.3) is 0 Å². The first-order chi connectivity index (χ1) is 6.11. The Kier molecular flexibility index (Phi) is 1.62. The molecule has 2 heterocycles. The largest absolute Gasteiger partial charge is 0.300 e. The monoisotopic (exact) mass is 175 g/mol. The molecule has 2 aromatic heterocycles. The van der Waals surface area contributed by atoms with Gasteiger partial charge in [0, 0.05) is 5.69 Å². The zero-order chi connectivity index (χ0) is 9.59.